The van der Waals surface area contributed by atoms with Gasteiger partial charge in [-0.2, -0.15) is 5.26 Å². The van der Waals surface area contributed by atoms with Crippen LogP contribution in [0.1, 0.15) is 37.5 Å². The molecule has 11 nitrogen and oxygen atoms in total. The van der Waals surface area contributed by atoms with E-state index in [2.05, 4.69) is 16.0 Å². The van der Waals surface area contributed by atoms with Crippen LogP contribution in [0.15, 0.2) is 48.0 Å². The zero-order valence-corrected chi connectivity index (χ0v) is 25.1. The smallest absolute Gasteiger partial charge is 0.264 e. The molecule has 3 atom stereocenters. The van der Waals surface area contributed by atoms with E-state index >= 15 is 0 Å². The fourth-order valence-corrected chi connectivity index (χ4v) is 3.69. The van der Waals surface area contributed by atoms with Gasteiger partial charge in [0.05, 0.1) is 6.10 Å². The minimum atomic E-state index is -1.35. The van der Waals surface area contributed by atoms with Gasteiger partial charge in [0.2, 0.25) is 17.7 Å². The maximum atomic E-state index is 14.3. The van der Waals surface area contributed by atoms with E-state index in [9.17, 15) is 33.9 Å². The molecule has 0 saturated carbocycles. The van der Waals surface area contributed by atoms with E-state index in [0.717, 1.165) is 0 Å². The van der Waals surface area contributed by atoms with Crippen molar-refractivity contribution in [1.29, 1.82) is 5.26 Å². The van der Waals surface area contributed by atoms with Crippen LogP contribution in [-0.4, -0.2) is 72.5 Å². The van der Waals surface area contributed by atoms with Gasteiger partial charge in [0.1, 0.15) is 41.9 Å². The molecule has 0 aliphatic rings. The number of carbonyl (C=O) groups is 4. The van der Waals surface area contributed by atoms with Gasteiger partial charge in [-0.15, -0.1) is 0 Å². The summed E-state index contributed by atoms with van der Waals surface area (Å²) >= 11 is 0. The third kappa shape index (κ3) is 10.5. The molecule has 0 aliphatic heterocycles. The van der Waals surface area contributed by atoms with Gasteiger partial charge in [-0.3, -0.25) is 19.2 Å². The summed E-state index contributed by atoms with van der Waals surface area (Å²) in [5, 5.41) is 27.1. The highest BCUT2D eigenvalue weighted by Gasteiger charge is 2.31. The SMILES string of the molecule is Cc1ccc(CNC(=O)C(COc2cccc(C=C(C#N)C(=O)N(C)C)c2)NC(=O)[C@@H](NC(=O)C(C)C)[C@@H](C)O)c(F)c1. The molecule has 0 fully saturated rings. The second kappa shape index (κ2) is 16.0. The number of hydrogen-bond acceptors (Lipinski definition) is 7. The highest BCUT2D eigenvalue weighted by molar-refractivity contribution is 6.01. The highest BCUT2D eigenvalue weighted by Crippen LogP contribution is 2.17. The van der Waals surface area contributed by atoms with Crippen LogP contribution < -0.4 is 20.7 Å². The van der Waals surface area contributed by atoms with Crippen molar-refractivity contribution in [3.05, 3.63) is 70.5 Å². The molecular formula is C31H38FN5O6. The summed E-state index contributed by atoms with van der Waals surface area (Å²) in [5.74, 6) is -3.17. The fourth-order valence-electron chi connectivity index (χ4n) is 3.69. The molecule has 0 spiro atoms. The fraction of sp³-hybridized carbons (Fsp3) is 0.387. The number of rotatable bonds is 13. The van der Waals surface area contributed by atoms with Crippen molar-refractivity contribution >= 4 is 29.7 Å². The molecule has 0 saturated heterocycles. The van der Waals surface area contributed by atoms with Gasteiger partial charge in [-0.05, 0) is 49.2 Å². The van der Waals surface area contributed by atoms with E-state index in [-0.39, 0.29) is 30.0 Å². The van der Waals surface area contributed by atoms with Crippen LogP contribution in [-0.2, 0) is 25.7 Å². The number of halogens is 1. The average molecular weight is 596 g/mol. The van der Waals surface area contributed by atoms with Gasteiger partial charge < -0.3 is 30.7 Å². The number of amides is 4. The molecule has 0 heterocycles. The summed E-state index contributed by atoms with van der Waals surface area (Å²) in [6.07, 6.45) is 0.110. The van der Waals surface area contributed by atoms with Crippen LogP contribution >= 0.6 is 0 Å². The van der Waals surface area contributed by atoms with Crippen molar-refractivity contribution in [2.24, 2.45) is 5.92 Å². The maximum absolute atomic E-state index is 14.3. The lowest BCUT2D eigenvalue weighted by Gasteiger charge is -2.25. The van der Waals surface area contributed by atoms with Gasteiger partial charge in [0.15, 0.2) is 0 Å². The number of aliphatic hydroxyl groups is 1. The van der Waals surface area contributed by atoms with Crippen molar-refractivity contribution in [3.63, 3.8) is 0 Å². The number of aliphatic hydroxyl groups excluding tert-OH is 1. The Bertz CT molecular complexity index is 1400. The van der Waals surface area contributed by atoms with Crippen molar-refractivity contribution in [2.45, 2.75) is 52.4 Å². The zero-order chi connectivity index (χ0) is 32.3. The first-order valence-electron chi connectivity index (χ1n) is 13.6. The van der Waals surface area contributed by atoms with E-state index in [1.807, 2.05) is 6.07 Å². The topological polar surface area (TPSA) is 161 Å². The van der Waals surface area contributed by atoms with Gasteiger partial charge in [0, 0.05) is 32.1 Å². The Balaban J connectivity index is 2.28. The lowest BCUT2D eigenvalue weighted by atomic mass is 10.1. The highest BCUT2D eigenvalue weighted by atomic mass is 19.1. The Morgan fingerprint density at radius 2 is 1.74 bits per heavy atom. The van der Waals surface area contributed by atoms with Gasteiger partial charge in [-0.1, -0.05) is 38.1 Å². The molecule has 0 bridgehead atoms. The van der Waals surface area contributed by atoms with E-state index < -0.39 is 53.6 Å². The lowest BCUT2D eigenvalue weighted by Crippen LogP contribution is -2.58. The summed E-state index contributed by atoms with van der Waals surface area (Å²) in [6.45, 7) is 5.76. The van der Waals surface area contributed by atoms with Crippen molar-refractivity contribution in [1.82, 2.24) is 20.9 Å². The van der Waals surface area contributed by atoms with Crippen LogP contribution in [0.4, 0.5) is 4.39 Å². The monoisotopic (exact) mass is 595 g/mol. The number of benzene rings is 2. The second-order valence-electron chi connectivity index (χ2n) is 10.5. The van der Waals surface area contributed by atoms with Crippen molar-refractivity contribution in [2.75, 3.05) is 20.7 Å². The molecule has 4 N–H and O–H groups in total. The van der Waals surface area contributed by atoms with Gasteiger partial charge in [-0.25, -0.2) is 4.39 Å². The summed E-state index contributed by atoms with van der Waals surface area (Å²) < 4.78 is 20.1. The minimum absolute atomic E-state index is 0.0948. The molecule has 2 aromatic rings. The molecule has 2 rings (SSSR count). The second-order valence-corrected chi connectivity index (χ2v) is 10.5. The number of hydrogen-bond donors (Lipinski definition) is 4. The first-order valence-corrected chi connectivity index (χ1v) is 13.6. The van der Waals surface area contributed by atoms with E-state index in [4.69, 9.17) is 4.74 Å². The molecule has 1 unspecified atom stereocenters. The normalized spacial score (nSPS) is 13.3. The summed E-state index contributed by atoms with van der Waals surface area (Å²) in [7, 11) is 3.05. The summed E-state index contributed by atoms with van der Waals surface area (Å²) in [5.41, 5.74) is 1.33. The predicted molar refractivity (Wildman–Crippen MR) is 158 cm³/mol. The minimum Gasteiger partial charge on any atom is -0.491 e. The molecule has 43 heavy (non-hydrogen) atoms. The molecule has 0 aromatic heterocycles. The van der Waals surface area contributed by atoms with Gasteiger partial charge in [0.25, 0.3) is 5.91 Å². The number of nitrogens with one attached hydrogen (secondary N) is 3. The van der Waals surface area contributed by atoms with Crippen molar-refractivity contribution < 1.29 is 33.4 Å². The molecule has 12 heteroatoms. The molecule has 0 aliphatic carbocycles. The Labute approximate surface area is 250 Å². The van der Waals surface area contributed by atoms with E-state index in [1.54, 1.807) is 51.1 Å². The zero-order valence-electron chi connectivity index (χ0n) is 25.1. The lowest BCUT2D eigenvalue weighted by molar-refractivity contribution is -0.135. The molecule has 2 aromatic carbocycles. The number of carbonyl (C=O) groups excluding carboxylic acids is 4. The number of nitriles is 1. The molecular weight excluding hydrogens is 557 g/mol. The average Bonchev–Trinajstić information content (AvgIpc) is 2.95. The summed E-state index contributed by atoms with van der Waals surface area (Å²) in [4.78, 5) is 52.0. The number of ether oxygens (including phenoxy) is 1. The van der Waals surface area contributed by atoms with Crippen LogP contribution in [0.25, 0.3) is 6.08 Å². The number of nitrogens with zero attached hydrogens (tertiary/aromatic N) is 2. The summed E-state index contributed by atoms with van der Waals surface area (Å²) in [6, 6.07) is 10.2. The third-order valence-electron chi connectivity index (χ3n) is 6.22. The molecule has 4 amide bonds. The Hall–Kier alpha value is -4.76. The van der Waals surface area contributed by atoms with Crippen LogP contribution in [0.5, 0.6) is 5.75 Å². The van der Waals surface area contributed by atoms with Gasteiger partial charge >= 0.3 is 0 Å². The van der Waals surface area contributed by atoms with Crippen LogP contribution in [0.3, 0.4) is 0 Å². The van der Waals surface area contributed by atoms with Crippen LogP contribution in [0, 0.1) is 30.0 Å². The first-order chi connectivity index (χ1) is 20.2. The number of likely N-dealkylation sites (N-methyl/N-ethyl adjacent to an activating group) is 1. The van der Waals surface area contributed by atoms with E-state index in [1.165, 1.54) is 44.1 Å². The van der Waals surface area contributed by atoms with E-state index in [0.29, 0.717) is 11.1 Å². The number of aryl methyl sites for hydroxylation is 1. The van der Waals surface area contributed by atoms with Crippen molar-refractivity contribution in [3.8, 4) is 11.8 Å². The largest absolute Gasteiger partial charge is 0.491 e. The maximum Gasteiger partial charge on any atom is 0.264 e. The molecule has 0 radical (unpaired) electrons. The Morgan fingerprint density at radius 1 is 1.05 bits per heavy atom. The first kappa shape index (κ1) is 34.4. The standard InChI is InChI=1S/C31H38FN5O6/c1-18(2)28(39)36-27(20(4)38)30(41)35-26(29(40)34-16-22-11-10-19(3)12-25(22)32)17-43-24-9-7-8-21(14-24)13-23(15-33)31(42)37(5)6/h7-14,18,20,26-27,38H,16-17H2,1-6H3,(H,34,40)(H,35,41)(H,36,39)/t20-,26?,27+/m1/s1. The Kier molecular flexibility index (Phi) is 12.8. The molecule has 230 valence electrons. The predicted octanol–water partition coefficient (Wildman–Crippen LogP) is 1.83. The van der Waals surface area contributed by atoms with Crippen LogP contribution in [0.2, 0.25) is 0 Å². The Morgan fingerprint density at radius 3 is 2.33 bits per heavy atom. The quantitative estimate of drug-likeness (QED) is 0.203. The third-order valence-corrected chi connectivity index (χ3v) is 6.22.